The number of hydrogen-bond acceptors (Lipinski definition) is 5. The molecule has 1 aromatic heterocycles. The first kappa shape index (κ1) is 28.5. The van der Waals surface area contributed by atoms with E-state index in [0.29, 0.717) is 18.1 Å². The van der Waals surface area contributed by atoms with E-state index in [1.165, 1.54) is 0 Å². The summed E-state index contributed by atoms with van der Waals surface area (Å²) in [7, 11) is 3.85. The number of carbonyl (C=O) groups is 2. The van der Waals surface area contributed by atoms with Crippen molar-refractivity contribution in [3.8, 4) is 5.69 Å². The Morgan fingerprint density at radius 3 is 2.38 bits per heavy atom. The van der Waals surface area contributed by atoms with E-state index in [1.807, 2.05) is 80.5 Å². The fourth-order valence-electron chi connectivity index (χ4n) is 5.12. The summed E-state index contributed by atoms with van der Waals surface area (Å²) in [6.45, 7) is 10.6. The summed E-state index contributed by atoms with van der Waals surface area (Å²) >= 11 is 0. The molecule has 4 rings (SSSR count). The number of aromatic nitrogens is 2. The second-order valence-corrected chi connectivity index (χ2v) is 11.9. The molecule has 8 heteroatoms. The van der Waals surface area contributed by atoms with Gasteiger partial charge in [-0.15, -0.1) is 0 Å². The molecular weight excluding hydrogens is 488 g/mol. The first-order valence-electron chi connectivity index (χ1n) is 13.7. The van der Waals surface area contributed by atoms with Gasteiger partial charge in [-0.1, -0.05) is 50.6 Å². The van der Waals surface area contributed by atoms with E-state index >= 15 is 0 Å². The SMILES string of the molecule is Cc1ccc(-n2nc(C(C)(C)C)cc2NC(=O)Nc2cccc(C(C(=O)CN(C)C)C3CCNCC3)c2)cc1. The van der Waals surface area contributed by atoms with Gasteiger partial charge >= 0.3 is 6.03 Å². The average molecular weight is 531 g/mol. The lowest BCUT2D eigenvalue weighted by atomic mass is 9.77. The van der Waals surface area contributed by atoms with Gasteiger partial charge < -0.3 is 15.5 Å². The molecule has 3 aromatic rings. The zero-order valence-corrected chi connectivity index (χ0v) is 24.0. The minimum atomic E-state index is -0.362. The number of rotatable bonds is 8. The van der Waals surface area contributed by atoms with Gasteiger partial charge in [-0.2, -0.15) is 5.10 Å². The molecule has 2 aromatic carbocycles. The molecule has 2 heterocycles. The van der Waals surface area contributed by atoms with Crippen LogP contribution in [-0.2, 0) is 10.2 Å². The Kier molecular flexibility index (Phi) is 8.87. The predicted molar refractivity (Wildman–Crippen MR) is 158 cm³/mol. The molecule has 0 aliphatic carbocycles. The highest BCUT2D eigenvalue weighted by Gasteiger charge is 2.31. The molecular formula is C31H42N6O2. The Balaban J connectivity index is 1.56. The number of carbonyl (C=O) groups excluding carboxylic acids is 2. The van der Waals surface area contributed by atoms with Gasteiger partial charge in [-0.3, -0.25) is 10.1 Å². The molecule has 1 atom stereocenters. The van der Waals surface area contributed by atoms with Crippen molar-refractivity contribution in [3.05, 3.63) is 71.4 Å². The zero-order chi connectivity index (χ0) is 28.2. The fraction of sp³-hybridized carbons (Fsp3) is 0.452. The van der Waals surface area contributed by atoms with E-state index in [0.717, 1.165) is 48.4 Å². The highest BCUT2D eigenvalue weighted by Crippen LogP contribution is 2.33. The largest absolute Gasteiger partial charge is 0.324 e. The monoisotopic (exact) mass is 530 g/mol. The topological polar surface area (TPSA) is 91.3 Å². The van der Waals surface area contributed by atoms with Gasteiger partial charge in [0.15, 0.2) is 5.78 Å². The molecule has 2 amide bonds. The first-order valence-corrected chi connectivity index (χ1v) is 13.7. The van der Waals surface area contributed by atoms with Gasteiger partial charge in [0.1, 0.15) is 5.82 Å². The number of Topliss-reactive ketones (excluding diaryl/α,β-unsaturated/α-hetero) is 1. The number of urea groups is 1. The number of likely N-dealkylation sites (N-methyl/N-ethyl adjacent to an activating group) is 1. The fourth-order valence-corrected chi connectivity index (χ4v) is 5.12. The van der Waals surface area contributed by atoms with Crippen molar-refractivity contribution in [1.29, 1.82) is 0 Å². The number of hydrogen-bond donors (Lipinski definition) is 3. The molecule has 1 aliphatic heterocycles. The number of nitrogens with one attached hydrogen (secondary N) is 3. The Morgan fingerprint density at radius 1 is 1.05 bits per heavy atom. The van der Waals surface area contributed by atoms with Crippen LogP contribution in [0.25, 0.3) is 5.69 Å². The molecule has 0 radical (unpaired) electrons. The third-order valence-corrected chi connectivity index (χ3v) is 7.18. The quantitative estimate of drug-likeness (QED) is 0.366. The van der Waals surface area contributed by atoms with Crippen molar-refractivity contribution in [1.82, 2.24) is 20.0 Å². The molecule has 208 valence electrons. The van der Waals surface area contributed by atoms with Crippen molar-refractivity contribution < 1.29 is 9.59 Å². The van der Waals surface area contributed by atoms with Crippen LogP contribution >= 0.6 is 0 Å². The van der Waals surface area contributed by atoms with Crippen molar-refractivity contribution >= 4 is 23.3 Å². The standard InChI is InChI=1S/C31H42N6O2/c1-21-10-12-25(13-11-21)37-28(19-27(35-37)31(2,3)4)34-30(39)33-24-9-7-8-23(18-24)29(26(38)20-36(5)6)22-14-16-32-17-15-22/h7-13,18-19,22,29,32H,14-17,20H2,1-6H3,(H2,33,34,39). The lowest BCUT2D eigenvalue weighted by molar-refractivity contribution is -0.122. The van der Waals surface area contributed by atoms with Crippen LogP contribution in [0.3, 0.4) is 0 Å². The molecule has 3 N–H and O–H groups in total. The third kappa shape index (κ3) is 7.34. The van der Waals surface area contributed by atoms with E-state index in [2.05, 4.69) is 36.7 Å². The van der Waals surface area contributed by atoms with Gasteiger partial charge in [-0.05, 0) is 82.7 Å². The van der Waals surface area contributed by atoms with E-state index in [4.69, 9.17) is 5.10 Å². The van der Waals surface area contributed by atoms with Crippen LogP contribution in [0.2, 0.25) is 0 Å². The number of nitrogens with zero attached hydrogens (tertiary/aromatic N) is 3. The van der Waals surface area contributed by atoms with Gasteiger partial charge in [-0.25, -0.2) is 9.48 Å². The highest BCUT2D eigenvalue weighted by atomic mass is 16.2. The zero-order valence-electron chi connectivity index (χ0n) is 24.0. The van der Waals surface area contributed by atoms with Crippen molar-refractivity contribution in [2.45, 2.75) is 51.9 Å². The number of aryl methyl sites for hydroxylation is 1. The molecule has 1 unspecified atom stereocenters. The average Bonchev–Trinajstić information content (AvgIpc) is 3.29. The Bertz CT molecular complexity index is 1280. The van der Waals surface area contributed by atoms with E-state index < -0.39 is 0 Å². The summed E-state index contributed by atoms with van der Waals surface area (Å²) in [5.74, 6) is 0.885. The van der Waals surface area contributed by atoms with Crippen LogP contribution in [0.15, 0.2) is 54.6 Å². The minimum Gasteiger partial charge on any atom is -0.317 e. The molecule has 1 fully saturated rings. The predicted octanol–water partition coefficient (Wildman–Crippen LogP) is 5.34. The lowest BCUT2D eigenvalue weighted by Gasteiger charge is -2.31. The molecule has 1 aliphatic rings. The van der Waals surface area contributed by atoms with E-state index in [9.17, 15) is 9.59 Å². The van der Waals surface area contributed by atoms with Crippen LogP contribution in [0.4, 0.5) is 16.3 Å². The van der Waals surface area contributed by atoms with Crippen LogP contribution in [0.1, 0.15) is 56.4 Å². The Morgan fingerprint density at radius 2 is 1.74 bits per heavy atom. The maximum Gasteiger partial charge on any atom is 0.324 e. The second kappa shape index (κ2) is 12.1. The first-order chi connectivity index (χ1) is 18.5. The Labute approximate surface area is 232 Å². The van der Waals surface area contributed by atoms with Crippen LogP contribution in [-0.4, -0.2) is 60.2 Å². The molecule has 8 nitrogen and oxygen atoms in total. The normalized spacial score (nSPS) is 15.3. The molecule has 0 bridgehead atoms. The lowest BCUT2D eigenvalue weighted by Crippen LogP contribution is -2.36. The van der Waals surface area contributed by atoms with Gasteiger partial charge in [0.25, 0.3) is 0 Å². The van der Waals surface area contributed by atoms with E-state index in [-0.39, 0.29) is 29.1 Å². The molecule has 0 saturated carbocycles. The highest BCUT2D eigenvalue weighted by molar-refractivity contribution is 5.99. The summed E-state index contributed by atoms with van der Waals surface area (Å²) in [6.07, 6.45) is 1.92. The second-order valence-electron chi connectivity index (χ2n) is 11.9. The summed E-state index contributed by atoms with van der Waals surface area (Å²) in [5.41, 5.74) is 4.33. The summed E-state index contributed by atoms with van der Waals surface area (Å²) in [4.78, 5) is 28.5. The van der Waals surface area contributed by atoms with Crippen LogP contribution in [0.5, 0.6) is 0 Å². The van der Waals surface area contributed by atoms with Crippen LogP contribution < -0.4 is 16.0 Å². The van der Waals surface area contributed by atoms with Crippen LogP contribution in [0, 0.1) is 12.8 Å². The summed E-state index contributed by atoms with van der Waals surface area (Å²) in [6, 6.07) is 17.3. The van der Waals surface area contributed by atoms with Crippen molar-refractivity contribution in [2.24, 2.45) is 5.92 Å². The number of benzene rings is 2. The molecule has 39 heavy (non-hydrogen) atoms. The maximum absolute atomic E-state index is 13.3. The van der Waals surface area contributed by atoms with E-state index in [1.54, 1.807) is 4.68 Å². The van der Waals surface area contributed by atoms with Crippen molar-refractivity contribution in [2.75, 3.05) is 44.4 Å². The number of anilines is 2. The number of piperidine rings is 1. The number of amides is 2. The summed E-state index contributed by atoms with van der Waals surface area (Å²) in [5, 5.41) is 14.2. The van der Waals surface area contributed by atoms with Gasteiger partial charge in [0, 0.05) is 23.1 Å². The maximum atomic E-state index is 13.3. The molecule has 1 saturated heterocycles. The summed E-state index contributed by atoms with van der Waals surface area (Å²) < 4.78 is 1.77. The number of ketones is 1. The molecule has 0 spiro atoms. The van der Waals surface area contributed by atoms with Gasteiger partial charge in [0.05, 0.1) is 17.9 Å². The smallest absolute Gasteiger partial charge is 0.317 e. The third-order valence-electron chi connectivity index (χ3n) is 7.18. The van der Waals surface area contributed by atoms with Gasteiger partial charge in [0.2, 0.25) is 0 Å². The minimum absolute atomic E-state index is 0.181. The van der Waals surface area contributed by atoms with Crippen molar-refractivity contribution in [3.63, 3.8) is 0 Å². The Hall–Kier alpha value is -3.49.